The normalized spacial score (nSPS) is 15.5. The standard InChI is InChI=1S/C24H24N2O5S/c1-16-12-17(2)14-18(13-16)25-24(27)23-15-26(21-6-4-5-7-22(21)31-23)32(28,29)20-10-8-19(30-3)9-11-20/h4-14,23H,15H2,1-3H3,(H,25,27)/t23-/m0/s1. The van der Waals surface area contributed by atoms with Crippen molar-refractivity contribution in [2.75, 3.05) is 23.3 Å². The van der Waals surface area contributed by atoms with Crippen molar-refractivity contribution in [3.05, 3.63) is 77.9 Å². The number of amides is 1. The summed E-state index contributed by atoms with van der Waals surface area (Å²) in [6.45, 7) is 3.74. The highest BCUT2D eigenvalue weighted by molar-refractivity contribution is 7.92. The van der Waals surface area contributed by atoms with Crippen molar-refractivity contribution >= 4 is 27.3 Å². The van der Waals surface area contributed by atoms with E-state index in [1.165, 1.54) is 23.5 Å². The fraction of sp³-hybridized carbons (Fsp3) is 0.208. The van der Waals surface area contributed by atoms with Gasteiger partial charge in [-0.1, -0.05) is 18.2 Å². The third-order valence-corrected chi connectivity index (χ3v) is 6.96. The molecule has 3 aromatic rings. The van der Waals surface area contributed by atoms with Crippen LogP contribution in [0.4, 0.5) is 11.4 Å². The zero-order valence-electron chi connectivity index (χ0n) is 18.0. The van der Waals surface area contributed by atoms with Crippen molar-refractivity contribution in [1.82, 2.24) is 0 Å². The largest absolute Gasteiger partial charge is 0.497 e. The smallest absolute Gasteiger partial charge is 0.267 e. The van der Waals surface area contributed by atoms with Crippen LogP contribution in [0.15, 0.2) is 71.6 Å². The van der Waals surface area contributed by atoms with Gasteiger partial charge in [0.15, 0.2) is 6.10 Å². The Hall–Kier alpha value is -3.52. The fourth-order valence-corrected chi connectivity index (χ4v) is 5.19. The van der Waals surface area contributed by atoms with Gasteiger partial charge < -0.3 is 14.8 Å². The number of sulfonamides is 1. The summed E-state index contributed by atoms with van der Waals surface area (Å²) in [5, 5.41) is 2.85. The second-order valence-corrected chi connectivity index (χ2v) is 9.51. The van der Waals surface area contributed by atoms with Gasteiger partial charge in [-0.25, -0.2) is 8.42 Å². The van der Waals surface area contributed by atoms with Gasteiger partial charge in [0.2, 0.25) is 0 Å². The van der Waals surface area contributed by atoms with Gasteiger partial charge in [-0.15, -0.1) is 0 Å². The van der Waals surface area contributed by atoms with Crippen molar-refractivity contribution in [1.29, 1.82) is 0 Å². The van der Waals surface area contributed by atoms with Crippen LogP contribution < -0.4 is 19.1 Å². The number of para-hydroxylation sites is 2. The predicted molar refractivity (Wildman–Crippen MR) is 123 cm³/mol. The number of methoxy groups -OCH3 is 1. The molecule has 0 spiro atoms. The summed E-state index contributed by atoms with van der Waals surface area (Å²) < 4.78 is 39.2. The summed E-state index contributed by atoms with van der Waals surface area (Å²) in [6.07, 6.45) is -1.02. The first-order valence-electron chi connectivity index (χ1n) is 10.1. The van der Waals surface area contributed by atoms with Crippen LogP contribution in [-0.4, -0.2) is 34.1 Å². The number of fused-ring (bicyclic) bond motifs is 1. The van der Waals surface area contributed by atoms with Crippen molar-refractivity contribution in [2.45, 2.75) is 24.8 Å². The van der Waals surface area contributed by atoms with Gasteiger partial charge in [-0.05, 0) is 73.5 Å². The van der Waals surface area contributed by atoms with Gasteiger partial charge in [0.05, 0.1) is 24.2 Å². The summed E-state index contributed by atoms with van der Waals surface area (Å²) in [5.74, 6) is 0.466. The third-order valence-electron chi connectivity index (χ3n) is 5.16. The van der Waals surface area contributed by atoms with Crippen LogP contribution in [0.2, 0.25) is 0 Å². The predicted octanol–water partition coefficient (Wildman–Crippen LogP) is 3.91. The number of benzene rings is 3. The Balaban J connectivity index is 1.66. The second-order valence-electron chi connectivity index (χ2n) is 7.65. The molecule has 8 heteroatoms. The molecular formula is C24H24N2O5S. The lowest BCUT2D eigenvalue weighted by molar-refractivity contribution is -0.122. The van der Waals surface area contributed by atoms with Crippen LogP contribution in [0.25, 0.3) is 0 Å². The highest BCUT2D eigenvalue weighted by Crippen LogP contribution is 2.37. The van der Waals surface area contributed by atoms with E-state index in [0.717, 1.165) is 11.1 Å². The second kappa shape index (κ2) is 8.55. The number of carbonyl (C=O) groups is 1. The molecule has 1 aliphatic heterocycles. The lowest BCUT2D eigenvalue weighted by Crippen LogP contribution is -2.48. The van der Waals surface area contributed by atoms with Crippen LogP contribution in [0.1, 0.15) is 11.1 Å². The molecule has 0 aromatic heterocycles. The first kappa shape index (κ1) is 21.7. The maximum absolute atomic E-state index is 13.5. The molecule has 4 rings (SSSR count). The highest BCUT2D eigenvalue weighted by atomic mass is 32.2. The molecule has 32 heavy (non-hydrogen) atoms. The molecule has 0 bridgehead atoms. The average molecular weight is 453 g/mol. The van der Waals surface area contributed by atoms with Crippen LogP contribution in [0, 0.1) is 13.8 Å². The number of aryl methyl sites for hydroxylation is 2. The minimum atomic E-state index is -3.94. The Labute approximate surface area is 187 Å². The van der Waals surface area contributed by atoms with E-state index in [1.807, 2.05) is 32.0 Å². The number of rotatable bonds is 5. The highest BCUT2D eigenvalue weighted by Gasteiger charge is 2.37. The number of carbonyl (C=O) groups excluding carboxylic acids is 1. The van der Waals surface area contributed by atoms with Crippen molar-refractivity contribution in [3.63, 3.8) is 0 Å². The quantitative estimate of drug-likeness (QED) is 0.635. The number of nitrogens with one attached hydrogen (secondary N) is 1. The van der Waals surface area contributed by atoms with Gasteiger partial charge in [-0.2, -0.15) is 0 Å². The van der Waals surface area contributed by atoms with E-state index >= 15 is 0 Å². The molecule has 0 saturated heterocycles. The Bertz CT molecular complexity index is 1240. The molecule has 7 nitrogen and oxygen atoms in total. The van der Waals surface area contributed by atoms with Crippen molar-refractivity contribution < 1.29 is 22.7 Å². The zero-order valence-corrected chi connectivity index (χ0v) is 18.8. The molecule has 1 atom stereocenters. The Morgan fingerprint density at radius 3 is 2.34 bits per heavy atom. The minimum Gasteiger partial charge on any atom is -0.497 e. The first-order valence-corrected chi connectivity index (χ1v) is 11.5. The molecular weight excluding hydrogens is 428 g/mol. The van der Waals surface area contributed by atoms with E-state index in [0.29, 0.717) is 22.9 Å². The summed E-state index contributed by atoms with van der Waals surface area (Å²) in [6, 6.07) is 18.6. The molecule has 3 aromatic carbocycles. The van der Waals surface area contributed by atoms with Crippen LogP contribution in [0.5, 0.6) is 11.5 Å². The number of hydrogen-bond donors (Lipinski definition) is 1. The van der Waals surface area contributed by atoms with Gasteiger partial charge >= 0.3 is 0 Å². The Morgan fingerprint density at radius 2 is 1.69 bits per heavy atom. The molecule has 1 heterocycles. The lowest BCUT2D eigenvalue weighted by atomic mass is 10.1. The molecule has 0 unspecified atom stereocenters. The molecule has 166 valence electrons. The summed E-state index contributed by atoms with van der Waals surface area (Å²) in [4.78, 5) is 13.1. The number of hydrogen-bond acceptors (Lipinski definition) is 5. The van der Waals surface area contributed by atoms with E-state index in [1.54, 1.807) is 36.4 Å². The minimum absolute atomic E-state index is 0.100. The molecule has 1 amide bonds. The molecule has 0 aliphatic carbocycles. The molecule has 1 N–H and O–H groups in total. The van der Waals surface area contributed by atoms with E-state index in [9.17, 15) is 13.2 Å². The fourth-order valence-electron chi connectivity index (χ4n) is 3.71. The number of nitrogens with zero attached hydrogens (tertiary/aromatic N) is 1. The van der Waals surface area contributed by atoms with E-state index < -0.39 is 22.0 Å². The SMILES string of the molecule is COc1ccc(S(=O)(=O)N2C[C@@H](C(=O)Nc3cc(C)cc(C)c3)Oc3ccccc32)cc1. The summed E-state index contributed by atoms with van der Waals surface area (Å²) in [5.41, 5.74) is 3.05. The van der Waals surface area contributed by atoms with Crippen molar-refractivity contribution in [2.24, 2.45) is 0 Å². The lowest BCUT2D eigenvalue weighted by Gasteiger charge is -2.34. The zero-order chi connectivity index (χ0) is 22.9. The Kier molecular flexibility index (Phi) is 5.80. The van der Waals surface area contributed by atoms with Crippen molar-refractivity contribution in [3.8, 4) is 11.5 Å². The molecule has 0 saturated carbocycles. The average Bonchev–Trinajstić information content (AvgIpc) is 2.77. The number of ether oxygens (including phenoxy) is 2. The molecule has 1 aliphatic rings. The van der Waals surface area contributed by atoms with Crippen LogP contribution in [0.3, 0.4) is 0 Å². The van der Waals surface area contributed by atoms with Gasteiger partial charge in [0, 0.05) is 5.69 Å². The van der Waals surface area contributed by atoms with E-state index in [4.69, 9.17) is 9.47 Å². The topological polar surface area (TPSA) is 84.9 Å². The molecule has 0 radical (unpaired) electrons. The van der Waals surface area contributed by atoms with Gasteiger partial charge in [0.1, 0.15) is 11.5 Å². The Morgan fingerprint density at radius 1 is 1.03 bits per heavy atom. The first-order chi connectivity index (χ1) is 15.3. The molecule has 0 fully saturated rings. The van der Waals surface area contributed by atoms with E-state index in [2.05, 4.69) is 5.32 Å². The van der Waals surface area contributed by atoms with Crippen LogP contribution >= 0.6 is 0 Å². The van der Waals surface area contributed by atoms with Gasteiger partial charge in [-0.3, -0.25) is 9.10 Å². The number of anilines is 2. The van der Waals surface area contributed by atoms with Crippen LogP contribution in [-0.2, 0) is 14.8 Å². The summed E-state index contributed by atoms with van der Waals surface area (Å²) in [7, 11) is -2.42. The van der Waals surface area contributed by atoms with E-state index in [-0.39, 0.29) is 11.4 Å². The monoisotopic (exact) mass is 452 g/mol. The summed E-state index contributed by atoms with van der Waals surface area (Å²) >= 11 is 0. The maximum atomic E-state index is 13.5. The maximum Gasteiger partial charge on any atom is 0.267 e. The van der Waals surface area contributed by atoms with Gasteiger partial charge in [0.25, 0.3) is 15.9 Å². The third kappa shape index (κ3) is 4.27.